The minimum Gasteiger partial charge on any atom is -0.494 e. The maximum atomic E-state index is 11.5. The Labute approximate surface area is 109 Å². The summed E-state index contributed by atoms with van der Waals surface area (Å²) >= 11 is 0. The van der Waals surface area contributed by atoms with Crippen molar-refractivity contribution >= 4 is 5.91 Å². The van der Waals surface area contributed by atoms with Gasteiger partial charge >= 0.3 is 0 Å². The van der Waals surface area contributed by atoms with Crippen molar-refractivity contribution in [1.82, 2.24) is 5.32 Å². The van der Waals surface area contributed by atoms with Gasteiger partial charge in [-0.15, -0.1) is 0 Å². The first-order chi connectivity index (χ1) is 8.54. The second-order valence-corrected chi connectivity index (χ2v) is 4.64. The number of carbonyl (C=O) groups excluding carboxylic acids is 1. The molecule has 0 aliphatic rings. The van der Waals surface area contributed by atoms with Crippen molar-refractivity contribution in [2.45, 2.75) is 26.8 Å². The summed E-state index contributed by atoms with van der Waals surface area (Å²) in [6, 6.07) is 7.01. The molecule has 1 unspecified atom stereocenters. The zero-order chi connectivity index (χ0) is 13.5. The zero-order valence-electron chi connectivity index (χ0n) is 11.3. The molecular formula is C14H22N2O2. The summed E-state index contributed by atoms with van der Waals surface area (Å²) in [6.45, 7) is 7.44. The van der Waals surface area contributed by atoms with E-state index in [1.165, 1.54) is 0 Å². The predicted octanol–water partition coefficient (Wildman–Crippen LogP) is 1.86. The number of rotatable bonds is 7. The van der Waals surface area contributed by atoms with Crippen molar-refractivity contribution in [3.05, 3.63) is 29.8 Å². The molecule has 3 N–H and O–H groups in total. The van der Waals surface area contributed by atoms with Crippen LogP contribution in [0.1, 0.15) is 32.4 Å². The second kappa shape index (κ2) is 7.01. The molecule has 1 atom stereocenters. The Bertz CT molecular complexity index is 391. The molecule has 0 aromatic heterocycles. The van der Waals surface area contributed by atoms with Gasteiger partial charge in [0.15, 0.2) is 0 Å². The Morgan fingerprint density at radius 2 is 2.17 bits per heavy atom. The monoisotopic (exact) mass is 250 g/mol. The molecule has 0 spiro atoms. The molecule has 0 aliphatic carbocycles. The number of nitrogens with one attached hydrogen (secondary N) is 1. The van der Waals surface area contributed by atoms with Crippen molar-refractivity contribution < 1.29 is 9.53 Å². The lowest BCUT2D eigenvalue weighted by molar-refractivity contribution is -0.120. The van der Waals surface area contributed by atoms with Crippen LogP contribution in [0.4, 0.5) is 0 Å². The second-order valence-electron chi connectivity index (χ2n) is 4.64. The summed E-state index contributed by atoms with van der Waals surface area (Å²) < 4.78 is 5.42. The lowest BCUT2D eigenvalue weighted by Gasteiger charge is -2.18. The number of ether oxygens (including phenoxy) is 1. The average Bonchev–Trinajstić information content (AvgIpc) is 2.29. The number of amides is 1. The van der Waals surface area contributed by atoms with E-state index in [2.05, 4.69) is 19.2 Å². The average molecular weight is 250 g/mol. The number of primary amides is 1. The predicted molar refractivity (Wildman–Crippen MR) is 72.4 cm³/mol. The van der Waals surface area contributed by atoms with E-state index in [4.69, 9.17) is 10.5 Å². The van der Waals surface area contributed by atoms with Gasteiger partial charge in [-0.3, -0.25) is 4.79 Å². The van der Waals surface area contributed by atoms with E-state index in [0.717, 1.165) is 17.9 Å². The number of benzene rings is 1. The van der Waals surface area contributed by atoms with Crippen LogP contribution in [-0.2, 0) is 4.79 Å². The maximum Gasteiger partial charge on any atom is 0.239 e. The van der Waals surface area contributed by atoms with Crippen LogP contribution in [0.3, 0.4) is 0 Å². The molecule has 4 heteroatoms. The standard InChI is InChI=1S/C14H22N2O2/c1-4-18-12-7-5-6-11(8-12)13(14(15)17)16-9-10(2)3/h5-8,10,13,16H,4,9H2,1-3H3,(H2,15,17). The summed E-state index contributed by atoms with van der Waals surface area (Å²) in [5, 5.41) is 3.17. The highest BCUT2D eigenvalue weighted by atomic mass is 16.5. The Morgan fingerprint density at radius 1 is 1.44 bits per heavy atom. The summed E-state index contributed by atoms with van der Waals surface area (Å²) in [4.78, 5) is 11.5. The molecule has 0 radical (unpaired) electrons. The Morgan fingerprint density at radius 3 is 2.72 bits per heavy atom. The van der Waals surface area contributed by atoms with E-state index < -0.39 is 6.04 Å². The first-order valence-corrected chi connectivity index (χ1v) is 6.30. The fourth-order valence-corrected chi connectivity index (χ4v) is 1.69. The van der Waals surface area contributed by atoms with Crippen LogP contribution in [0, 0.1) is 5.92 Å². The third-order valence-electron chi connectivity index (χ3n) is 2.52. The van der Waals surface area contributed by atoms with Gasteiger partial charge in [-0.1, -0.05) is 26.0 Å². The lowest BCUT2D eigenvalue weighted by atomic mass is 10.1. The highest BCUT2D eigenvalue weighted by Crippen LogP contribution is 2.19. The van der Waals surface area contributed by atoms with Crippen LogP contribution in [0.25, 0.3) is 0 Å². The van der Waals surface area contributed by atoms with Gasteiger partial charge in [0.25, 0.3) is 0 Å². The third kappa shape index (κ3) is 4.37. The molecule has 4 nitrogen and oxygen atoms in total. The van der Waals surface area contributed by atoms with Crippen molar-refractivity contribution in [2.75, 3.05) is 13.2 Å². The minimum atomic E-state index is -0.465. The number of hydrogen-bond acceptors (Lipinski definition) is 3. The number of nitrogens with two attached hydrogens (primary N) is 1. The SMILES string of the molecule is CCOc1cccc(C(NCC(C)C)C(N)=O)c1. The molecule has 0 saturated heterocycles. The van der Waals surface area contributed by atoms with E-state index in [0.29, 0.717) is 12.5 Å². The van der Waals surface area contributed by atoms with Gasteiger partial charge in [-0.05, 0) is 37.1 Å². The molecule has 0 bridgehead atoms. The van der Waals surface area contributed by atoms with Gasteiger partial charge in [0.05, 0.1) is 6.61 Å². The Kier molecular flexibility index (Phi) is 5.65. The van der Waals surface area contributed by atoms with Gasteiger partial charge in [0.1, 0.15) is 11.8 Å². The van der Waals surface area contributed by atoms with Crippen LogP contribution in [0.15, 0.2) is 24.3 Å². The summed E-state index contributed by atoms with van der Waals surface area (Å²) in [7, 11) is 0. The Balaban J connectivity index is 2.84. The molecule has 0 heterocycles. The van der Waals surface area contributed by atoms with Crippen molar-refractivity contribution in [3.8, 4) is 5.75 Å². The maximum absolute atomic E-state index is 11.5. The molecule has 1 aromatic carbocycles. The molecule has 100 valence electrons. The van der Waals surface area contributed by atoms with Crippen LogP contribution in [0.5, 0.6) is 5.75 Å². The van der Waals surface area contributed by atoms with Gasteiger partial charge in [-0.2, -0.15) is 0 Å². The highest BCUT2D eigenvalue weighted by molar-refractivity contribution is 5.81. The first-order valence-electron chi connectivity index (χ1n) is 6.30. The van der Waals surface area contributed by atoms with Crippen molar-refractivity contribution in [3.63, 3.8) is 0 Å². The molecule has 1 amide bonds. The highest BCUT2D eigenvalue weighted by Gasteiger charge is 2.17. The van der Waals surface area contributed by atoms with E-state index in [-0.39, 0.29) is 5.91 Å². The number of hydrogen-bond donors (Lipinski definition) is 2. The summed E-state index contributed by atoms with van der Waals surface area (Å²) in [6.07, 6.45) is 0. The van der Waals surface area contributed by atoms with Gasteiger partial charge in [0, 0.05) is 0 Å². The molecule has 1 aromatic rings. The van der Waals surface area contributed by atoms with Gasteiger partial charge in [0.2, 0.25) is 5.91 Å². The molecule has 0 fully saturated rings. The quantitative estimate of drug-likeness (QED) is 0.776. The first kappa shape index (κ1) is 14.5. The van der Waals surface area contributed by atoms with E-state index in [9.17, 15) is 4.79 Å². The van der Waals surface area contributed by atoms with Crippen molar-refractivity contribution in [1.29, 1.82) is 0 Å². The lowest BCUT2D eigenvalue weighted by Crippen LogP contribution is -2.35. The number of carbonyl (C=O) groups is 1. The van der Waals surface area contributed by atoms with Crippen LogP contribution in [0.2, 0.25) is 0 Å². The largest absolute Gasteiger partial charge is 0.494 e. The van der Waals surface area contributed by atoms with Crippen molar-refractivity contribution in [2.24, 2.45) is 11.7 Å². The van der Waals surface area contributed by atoms with Gasteiger partial charge in [-0.25, -0.2) is 0 Å². The molecule has 0 aliphatic heterocycles. The van der Waals surface area contributed by atoms with E-state index in [1.807, 2.05) is 31.2 Å². The summed E-state index contributed by atoms with van der Waals surface area (Å²) in [5.41, 5.74) is 6.28. The normalized spacial score (nSPS) is 12.4. The van der Waals surface area contributed by atoms with Crippen LogP contribution in [-0.4, -0.2) is 19.1 Å². The Hall–Kier alpha value is -1.55. The van der Waals surface area contributed by atoms with Crippen LogP contribution < -0.4 is 15.8 Å². The smallest absolute Gasteiger partial charge is 0.239 e. The van der Waals surface area contributed by atoms with E-state index >= 15 is 0 Å². The van der Waals surface area contributed by atoms with Crippen LogP contribution >= 0.6 is 0 Å². The fourth-order valence-electron chi connectivity index (χ4n) is 1.69. The molecule has 18 heavy (non-hydrogen) atoms. The topological polar surface area (TPSA) is 64.3 Å². The molecular weight excluding hydrogens is 228 g/mol. The third-order valence-corrected chi connectivity index (χ3v) is 2.52. The van der Waals surface area contributed by atoms with E-state index in [1.54, 1.807) is 0 Å². The van der Waals surface area contributed by atoms with Gasteiger partial charge < -0.3 is 15.8 Å². The molecule has 0 saturated carbocycles. The summed E-state index contributed by atoms with van der Waals surface area (Å²) in [5.74, 6) is 0.846. The zero-order valence-corrected chi connectivity index (χ0v) is 11.3. The molecule has 1 rings (SSSR count). The minimum absolute atomic E-state index is 0.371. The fraction of sp³-hybridized carbons (Fsp3) is 0.500.